The molecule has 2 aromatic heterocycles. The van der Waals surface area contributed by atoms with Gasteiger partial charge in [0.05, 0.1) is 22.9 Å². The maximum atomic E-state index is 9.78. The molecule has 4 aromatic rings. The van der Waals surface area contributed by atoms with E-state index in [1.54, 1.807) is 10.9 Å². The minimum atomic E-state index is -0.188. The van der Waals surface area contributed by atoms with Crippen molar-refractivity contribution < 1.29 is 9.84 Å². The number of benzene rings is 2. The topological polar surface area (TPSA) is 88.3 Å². The summed E-state index contributed by atoms with van der Waals surface area (Å²) in [5.41, 5.74) is 5.28. The summed E-state index contributed by atoms with van der Waals surface area (Å²) in [5.74, 6) is 1.63. The van der Waals surface area contributed by atoms with Crippen LogP contribution in [0.3, 0.4) is 0 Å². The van der Waals surface area contributed by atoms with E-state index in [2.05, 4.69) is 63.9 Å². The number of hydrogen-bond donors (Lipinski definition) is 2. The number of anilines is 2. The van der Waals surface area contributed by atoms with Crippen LogP contribution < -0.4 is 14.4 Å². The second-order valence-electron chi connectivity index (χ2n) is 9.05. The van der Waals surface area contributed by atoms with Gasteiger partial charge in [-0.3, -0.25) is 9.40 Å². The van der Waals surface area contributed by atoms with E-state index < -0.39 is 0 Å². The fourth-order valence-electron chi connectivity index (χ4n) is 4.40. The maximum absolute atomic E-state index is 9.78. The lowest BCUT2D eigenvalue weighted by atomic mass is 10.00. The van der Waals surface area contributed by atoms with Gasteiger partial charge < -0.3 is 14.7 Å². The van der Waals surface area contributed by atoms with Crippen LogP contribution in [0.1, 0.15) is 24.0 Å². The van der Waals surface area contributed by atoms with Crippen LogP contribution in [0.2, 0.25) is 0 Å². The van der Waals surface area contributed by atoms with Gasteiger partial charge in [-0.15, -0.1) is 0 Å². The van der Waals surface area contributed by atoms with E-state index in [0.29, 0.717) is 17.6 Å². The molecule has 5 rings (SSSR count). The van der Waals surface area contributed by atoms with Gasteiger partial charge in [0.2, 0.25) is 11.8 Å². The number of nitrogens with zero attached hydrogens (tertiary/aromatic N) is 5. The monoisotopic (exact) mass is 502 g/mol. The third-order valence-electron chi connectivity index (χ3n) is 6.27. The molecule has 0 spiro atoms. The van der Waals surface area contributed by atoms with Gasteiger partial charge in [-0.1, -0.05) is 18.2 Å². The molecule has 186 valence electrons. The highest BCUT2D eigenvalue weighted by Gasteiger charge is 2.18. The normalized spacial score (nSPS) is 14.2. The standard InChI is InChI=1S/C27H30N6O2S/c1-18-5-4-6-19(2)26(18)24-15-25(30-27(29-24)31-36-23-16-28-32(3)17-23)35-22-9-7-20(8-10-22)33-13-11-21(34)12-14-33/h4-10,15-17,21,34H,11-14H2,1-3H3,(H,29,30,31). The Bertz CT molecular complexity index is 1310. The molecule has 0 bridgehead atoms. The molecular weight excluding hydrogens is 472 g/mol. The number of ether oxygens (including phenoxy) is 1. The highest BCUT2D eigenvalue weighted by Crippen LogP contribution is 2.32. The Morgan fingerprint density at radius 1 is 1.03 bits per heavy atom. The van der Waals surface area contributed by atoms with Crippen LogP contribution in [0.4, 0.5) is 11.6 Å². The Kier molecular flexibility index (Phi) is 7.11. The van der Waals surface area contributed by atoms with Crippen molar-refractivity contribution in [1.29, 1.82) is 0 Å². The molecule has 1 saturated heterocycles. The molecule has 8 nitrogen and oxygen atoms in total. The zero-order chi connectivity index (χ0) is 25.1. The van der Waals surface area contributed by atoms with Crippen LogP contribution in [-0.4, -0.2) is 44.0 Å². The number of aliphatic hydroxyl groups is 1. The quantitative estimate of drug-likeness (QED) is 0.326. The highest BCUT2D eigenvalue weighted by molar-refractivity contribution is 8.00. The van der Waals surface area contributed by atoms with E-state index in [0.717, 1.165) is 58.9 Å². The fourth-order valence-corrected chi connectivity index (χ4v) is 5.00. The Labute approximate surface area is 215 Å². The molecule has 2 aromatic carbocycles. The van der Waals surface area contributed by atoms with Gasteiger partial charge in [-0.25, -0.2) is 4.98 Å². The van der Waals surface area contributed by atoms with Gasteiger partial charge in [0.25, 0.3) is 0 Å². The molecule has 2 N–H and O–H groups in total. The molecule has 0 aliphatic carbocycles. The zero-order valence-corrected chi connectivity index (χ0v) is 21.5. The largest absolute Gasteiger partial charge is 0.439 e. The van der Waals surface area contributed by atoms with Crippen molar-refractivity contribution in [2.45, 2.75) is 37.7 Å². The maximum Gasteiger partial charge on any atom is 0.237 e. The SMILES string of the molecule is Cc1cccc(C)c1-c1cc(Oc2ccc(N3CCC(O)CC3)cc2)nc(NSc2cnn(C)c2)n1. The molecule has 0 radical (unpaired) electrons. The van der Waals surface area contributed by atoms with Crippen molar-refractivity contribution in [2.75, 3.05) is 22.7 Å². The van der Waals surface area contributed by atoms with E-state index in [1.165, 1.54) is 11.9 Å². The second-order valence-corrected chi connectivity index (χ2v) is 9.93. The Hall–Kier alpha value is -3.56. The molecule has 0 saturated carbocycles. The van der Waals surface area contributed by atoms with E-state index in [9.17, 15) is 5.11 Å². The minimum absolute atomic E-state index is 0.188. The molecule has 1 aliphatic heterocycles. The number of nitrogens with one attached hydrogen (secondary N) is 1. The summed E-state index contributed by atoms with van der Waals surface area (Å²) >= 11 is 1.40. The summed E-state index contributed by atoms with van der Waals surface area (Å²) in [6, 6.07) is 16.1. The Morgan fingerprint density at radius 3 is 2.42 bits per heavy atom. The lowest BCUT2D eigenvalue weighted by Crippen LogP contribution is -2.35. The Morgan fingerprint density at radius 2 is 1.75 bits per heavy atom. The number of piperidine rings is 1. The van der Waals surface area contributed by atoms with E-state index >= 15 is 0 Å². The van der Waals surface area contributed by atoms with E-state index in [4.69, 9.17) is 9.72 Å². The number of hydrogen-bond acceptors (Lipinski definition) is 8. The molecular formula is C27H30N6O2S. The predicted octanol–water partition coefficient (Wildman–Crippen LogP) is 5.37. The van der Waals surface area contributed by atoms with Crippen LogP contribution in [0.5, 0.6) is 11.6 Å². The van der Waals surface area contributed by atoms with Gasteiger partial charge in [-0.2, -0.15) is 10.1 Å². The van der Waals surface area contributed by atoms with E-state index in [-0.39, 0.29) is 6.10 Å². The molecule has 36 heavy (non-hydrogen) atoms. The minimum Gasteiger partial charge on any atom is -0.439 e. The summed E-state index contributed by atoms with van der Waals surface area (Å²) in [7, 11) is 1.88. The van der Waals surface area contributed by atoms with Crippen LogP contribution in [0, 0.1) is 13.8 Å². The van der Waals surface area contributed by atoms with Crippen molar-refractivity contribution in [3.8, 4) is 22.9 Å². The molecule has 3 heterocycles. The third kappa shape index (κ3) is 5.63. The van der Waals surface area contributed by atoms with Crippen LogP contribution in [0.15, 0.2) is 65.8 Å². The number of rotatable bonds is 7. The first kappa shape index (κ1) is 24.1. The molecule has 1 fully saturated rings. The van der Waals surface area contributed by atoms with Crippen molar-refractivity contribution in [3.63, 3.8) is 0 Å². The molecule has 0 unspecified atom stereocenters. The summed E-state index contributed by atoms with van der Waals surface area (Å²) in [5, 5.41) is 14.0. The van der Waals surface area contributed by atoms with Crippen LogP contribution >= 0.6 is 11.9 Å². The fraction of sp³-hybridized carbons (Fsp3) is 0.296. The van der Waals surface area contributed by atoms with E-state index in [1.807, 2.05) is 31.4 Å². The summed E-state index contributed by atoms with van der Waals surface area (Å²) in [4.78, 5) is 12.7. The van der Waals surface area contributed by atoms with Gasteiger partial charge in [0, 0.05) is 43.7 Å². The van der Waals surface area contributed by atoms with Crippen molar-refractivity contribution in [1.82, 2.24) is 19.7 Å². The average molecular weight is 503 g/mol. The molecule has 0 atom stereocenters. The lowest BCUT2D eigenvalue weighted by Gasteiger charge is -2.31. The number of aromatic nitrogens is 4. The second kappa shape index (κ2) is 10.6. The first-order valence-corrected chi connectivity index (χ1v) is 12.8. The van der Waals surface area contributed by atoms with Gasteiger partial charge in [-0.05, 0) is 74.0 Å². The number of aliphatic hydroxyl groups excluding tert-OH is 1. The first-order chi connectivity index (χ1) is 17.4. The van der Waals surface area contributed by atoms with Crippen molar-refractivity contribution in [2.24, 2.45) is 7.05 Å². The predicted molar refractivity (Wildman–Crippen MR) is 144 cm³/mol. The summed E-state index contributed by atoms with van der Waals surface area (Å²) < 4.78 is 11.2. The summed E-state index contributed by atoms with van der Waals surface area (Å²) in [6.45, 7) is 5.88. The molecule has 0 amide bonds. The third-order valence-corrected chi connectivity index (χ3v) is 7.00. The van der Waals surface area contributed by atoms with Crippen LogP contribution in [0.25, 0.3) is 11.3 Å². The summed E-state index contributed by atoms with van der Waals surface area (Å²) in [6.07, 6.45) is 5.12. The van der Waals surface area contributed by atoms with Gasteiger partial charge in [0.15, 0.2) is 0 Å². The van der Waals surface area contributed by atoms with Gasteiger partial charge >= 0.3 is 0 Å². The first-order valence-electron chi connectivity index (χ1n) is 12.0. The van der Waals surface area contributed by atoms with Crippen molar-refractivity contribution in [3.05, 3.63) is 72.1 Å². The lowest BCUT2D eigenvalue weighted by molar-refractivity contribution is 0.145. The smallest absolute Gasteiger partial charge is 0.237 e. The Balaban J connectivity index is 1.40. The molecule has 1 aliphatic rings. The highest BCUT2D eigenvalue weighted by atomic mass is 32.2. The average Bonchev–Trinajstić information content (AvgIpc) is 3.29. The van der Waals surface area contributed by atoms with Crippen molar-refractivity contribution >= 4 is 23.6 Å². The number of aryl methyl sites for hydroxylation is 3. The van der Waals surface area contributed by atoms with Crippen LogP contribution in [-0.2, 0) is 7.05 Å². The molecule has 9 heteroatoms. The van der Waals surface area contributed by atoms with Gasteiger partial charge in [0.1, 0.15) is 5.75 Å². The zero-order valence-electron chi connectivity index (χ0n) is 20.7.